The molecule has 32 heavy (non-hydrogen) atoms. The number of nitrogens with zero attached hydrogens (tertiary/aromatic N) is 2. The van der Waals surface area contributed by atoms with Crippen molar-refractivity contribution >= 4 is 33.2 Å². The predicted molar refractivity (Wildman–Crippen MR) is 112 cm³/mol. The van der Waals surface area contributed by atoms with Gasteiger partial charge in [-0.05, 0) is 55.0 Å². The number of carbonyl (C=O) groups excluding carboxylic acids is 1. The first-order valence-corrected chi connectivity index (χ1v) is 10.4. The van der Waals surface area contributed by atoms with Gasteiger partial charge in [-0.25, -0.2) is 13.2 Å². The Morgan fingerprint density at radius 2 is 1.69 bits per heavy atom. The minimum absolute atomic E-state index is 0.000907. The number of amides is 1. The first kappa shape index (κ1) is 24.4. The Morgan fingerprint density at radius 3 is 2.25 bits per heavy atom. The van der Waals surface area contributed by atoms with Crippen molar-refractivity contribution in [1.82, 2.24) is 4.90 Å². The van der Waals surface area contributed by atoms with Crippen LogP contribution in [0, 0.1) is 17.5 Å². The molecule has 174 valence electrons. The Hall–Kier alpha value is -2.27. The number of alkyl halides is 3. The number of benzene rings is 2. The van der Waals surface area contributed by atoms with E-state index in [0.29, 0.717) is 25.2 Å². The summed E-state index contributed by atoms with van der Waals surface area (Å²) in [5.74, 6) is -4.56. The minimum Gasteiger partial charge on any atom is -0.367 e. The summed E-state index contributed by atoms with van der Waals surface area (Å²) in [6.07, 6.45) is -5.01. The normalized spacial score (nSPS) is 19.9. The van der Waals surface area contributed by atoms with Gasteiger partial charge in [-0.15, -0.1) is 0 Å². The number of rotatable bonds is 3. The zero-order valence-electron chi connectivity index (χ0n) is 17.3. The van der Waals surface area contributed by atoms with Crippen LogP contribution in [0.3, 0.4) is 0 Å². The fourth-order valence-corrected chi connectivity index (χ4v) is 3.99. The molecule has 1 N–H and O–H groups in total. The standard InChI is InChI=1S/C21H20BrF6N3O/c1-10-8-31(9-11(2)30(10)3)16-7-15(24)17(22)18(25)19(16)29-20(32)13-5-4-12(23)6-14(13)21(26,27)28/h4-7,10-11H,8-9H2,1-3H3,(H,29,32). The molecule has 1 amide bonds. The van der Waals surface area contributed by atoms with Crippen LogP contribution in [0.5, 0.6) is 0 Å². The van der Waals surface area contributed by atoms with Crippen LogP contribution in [0.15, 0.2) is 28.7 Å². The van der Waals surface area contributed by atoms with E-state index in [1.54, 1.807) is 4.90 Å². The van der Waals surface area contributed by atoms with E-state index in [1.165, 1.54) is 0 Å². The van der Waals surface area contributed by atoms with Crippen LogP contribution in [0.25, 0.3) is 0 Å². The average molecular weight is 524 g/mol. The highest BCUT2D eigenvalue weighted by Crippen LogP contribution is 2.38. The molecule has 0 saturated carbocycles. The molecule has 0 aliphatic carbocycles. The number of piperazine rings is 1. The average Bonchev–Trinajstić information content (AvgIpc) is 2.71. The summed E-state index contributed by atoms with van der Waals surface area (Å²) in [4.78, 5) is 16.5. The zero-order valence-corrected chi connectivity index (χ0v) is 18.9. The summed E-state index contributed by atoms with van der Waals surface area (Å²) >= 11 is 2.77. The molecule has 0 aromatic heterocycles. The number of nitrogens with one attached hydrogen (secondary N) is 1. The second kappa shape index (κ2) is 8.93. The zero-order chi connectivity index (χ0) is 24.0. The van der Waals surface area contributed by atoms with Crippen LogP contribution in [0.1, 0.15) is 29.8 Å². The largest absolute Gasteiger partial charge is 0.417 e. The fourth-order valence-electron chi connectivity index (χ4n) is 3.68. The fraction of sp³-hybridized carbons (Fsp3) is 0.381. The summed E-state index contributed by atoms with van der Waals surface area (Å²) < 4.78 is 82.1. The van der Waals surface area contributed by atoms with Gasteiger partial charge in [-0.1, -0.05) is 0 Å². The van der Waals surface area contributed by atoms with Crippen LogP contribution in [-0.4, -0.2) is 43.0 Å². The molecule has 2 aromatic carbocycles. The highest BCUT2D eigenvalue weighted by Gasteiger charge is 2.36. The third kappa shape index (κ3) is 4.73. The summed E-state index contributed by atoms with van der Waals surface area (Å²) in [7, 11) is 1.91. The van der Waals surface area contributed by atoms with Crippen LogP contribution in [0.2, 0.25) is 0 Å². The maximum Gasteiger partial charge on any atom is 0.417 e. The second-order valence-corrected chi connectivity index (χ2v) is 8.58. The van der Waals surface area contributed by atoms with Crippen molar-refractivity contribution in [2.45, 2.75) is 32.1 Å². The smallest absolute Gasteiger partial charge is 0.367 e. The Morgan fingerprint density at radius 1 is 1.09 bits per heavy atom. The molecule has 0 radical (unpaired) electrons. The molecule has 2 unspecified atom stereocenters. The van der Waals surface area contributed by atoms with Gasteiger partial charge < -0.3 is 10.2 Å². The maximum absolute atomic E-state index is 15.0. The predicted octanol–water partition coefficient (Wildman–Crippen LogP) is 5.67. The lowest BCUT2D eigenvalue weighted by atomic mass is 10.0. The first-order valence-electron chi connectivity index (χ1n) is 9.63. The second-order valence-electron chi connectivity index (χ2n) is 7.79. The van der Waals surface area contributed by atoms with Gasteiger partial charge in [0.2, 0.25) is 0 Å². The molecule has 1 aliphatic rings. The first-order chi connectivity index (χ1) is 14.8. The molecule has 1 saturated heterocycles. The van der Waals surface area contributed by atoms with Gasteiger partial charge in [0.15, 0.2) is 5.82 Å². The van der Waals surface area contributed by atoms with E-state index in [4.69, 9.17) is 0 Å². The summed E-state index contributed by atoms with van der Waals surface area (Å²) in [5.41, 5.74) is -2.85. The Labute approximate surface area is 189 Å². The highest BCUT2D eigenvalue weighted by molar-refractivity contribution is 9.10. The molecular weight excluding hydrogens is 504 g/mol. The van der Waals surface area contributed by atoms with E-state index in [-0.39, 0.29) is 23.8 Å². The number of hydrogen-bond acceptors (Lipinski definition) is 3. The molecule has 1 fully saturated rings. The SMILES string of the molecule is CC1CN(c2cc(F)c(Br)c(F)c2NC(=O)c2ccc(F)cc2C(F)(F)F)CC(C)N1C. The van der Waals surface area contributed by atoms with Crippen LogP contribution in [-0.2, 0) is 6.18 Å². The number of hydrogen-bond donors (Lipinski definition) is 1. The summed E-state index contributed by atoms with van der Waals surface area (Å²) in [5, 5.41) is 2.14. The van der Waals surface area contributed by atoms with Crippen molar-refractivity contribution in [1.29, 1.82) is 0 Å². The van der Waals surface area contributed by atoms with Gasteiger partial charge in [0, 0.05) is 31.2 Å². The Bertz CT molecular complexity index is 1030. The topological polar surface area (TPSA) is 35.6 Å². The summed E-state index contributed by atoms with van der Waals surface area (Å²) in [6, 6.07) is 2.59. The van der Waals surface area contributed by atoms with E-state index in [9.17, 15) is 26.7 Å². The van der Waals surface area contributed by atoms with E-state index < -0.39 is 50.8 Å². The van der Waals surface area contributed by atoms with E-state index in [0.717, 1.165) is 6.07 Å². The van der Waals surface area contributed by atoms with Gasteiger partial charge in [0.1, 0.15) is 17.3 Å². The number of carbonyl (C=O) groups is 1. The third-order valence-corrected chi connectivity index (χ3v) is 6.34. The molecule has 2 aromatic rings. The molecule has 11 heteroatoms. The van der Waals surface area contributed by atoms with Gasteiger partial charge in [0.05, 0.1) is 21.3 Å². The van der Waals surface area contributed by atoms with Crippen molar-refractivity contribution in [2.24, 2.45) is 0 Å². The molecule has 2 atom stereocenters. The van der Waals surface area contributed by atoms with Crippen molar-refractivity contribution < 1.29 is 31.1 Å². The molecule has 3 rings (SSSR count). The Kier molecular flexibility index (Phi) is 6.80. The number of likely N-dealkylation sites (N-methyl/N-ethyl adjacent to an activating group) is 1. The van der Waals surface area contributed by atoms with Gasteiger partial charge in [-0.3, -0.25) is 9.69 Å². The van der Waals surface area contributed by atoms with Gasteiger partial charge >= 0.3 is 6.18 Å². The van der Waals surface area contributed by atoms with Crippen molar-refractivity contribution in [2.75, 3.05) is 30.4 Å². The third-order valence-electron chi connectivity index (χ3n) is 5.61. The molecule has 1 heterocycles. The lowest BCUT2D eigenvalue weighted by Crippen LogP contribution is -2.55. The highest BCUT2D eigenvalue weighted by atomic mass is 79.9. The van der Waals surface area contributed by atoms with E-state index in [2.05, 4.69) is 26.1 Å². The lowest BCUT2D eigenvalue weighted by Gasteiger charge is -2.44. The maximum atomic E-state index is 15.0. The van der Waals surface area contributed by atoms with Crippen LogP contribution in [0.4, 0.5) is 37.7 Å². The van der Waals surface area contributed by atoms with E-state index in [1.807, 2.05) is 20.9 Å². The molecule has 0 bridgehead atoms. The van der Waals surface area contributed by atoms with Crippen molar-refractivity contribution in [3.8, 4) is 0 Å². The van der Waals surface area contributed by atoms with Crippen LogP contribution < -0.4 is 10.2 Å². The molecular formula is C21H20BrF6N3O. The minimum atomic E-state index is -5.01. The van der Waals surface area contributed by atoms with Crippen LogP contribution >= 0.6 is 15.9 Å². The Balaban J connectivity index is 2.06. The monoisotopic (exact) mass is 523 g/mol. The lowest BCUT2D eigenvalue weighted by molar-refractivity contribution is -0.138. The molecule has 1 aliphatic heterocycles. The number of halogens is 7. The summed E-state index contributed by atoms with van der Waals surface area (Å²) in [6.45, 7) is 4.57. The van der Waals surface area contributed by atoms with Crippen molar-refractivity contribution in [3.05, 3.63) is 57.3 Å². The molecule has 0 spiro atoms. The van der Waals surface area contributed by atoms with Gasteiger partial charge in [-0.2, -0.15) is 13.2 Å². The van der Waals surface area contributed by atoms with Crippen molar-refractivity contribution in [3.63, 3.8) is 0 Å². The van der Waals surface area contributed by atoms with Gasteiger partial charge in [0.25, 0.3) is 5.91 Å². The molecule has 4 nitrogen and oxygen atoms in total. The number of anilines is 2. The quantitative estimate of drug-likeness (QED) is 0.416. The van der Waals surface area contributed by atoms with E-state index >= 15 is 4.39 Å².